The first-order valence-electron chi connectivity index (χ1n) is 12.3. The number of nitrogens with one attached hydrogen (secondary N) is 1. The third-order valence-corrected chi connectivity index (χ3v) is 7.02. The molecule has 2 amide bonds. The van der Waals surface area contributed by atoms with Crippen LogP contribution in [0.4, 0.5) is 20.2 Å². The quantitative estimate of drug-likeness (QED) is 0.312. The number of carbonyl (C=O) groups excluding carboxylic acids is 2. The van der Waals surface area contributed by atoms with Gasteiger partial charge in [-0.15, -0.1) is 0 Å². The van der Waals surface area contributed by atoms with Crippen LogP contribution in [0.1, 0.15) is 37.5 Å². The molecule has 1 aromatic heterocycles. The Kier molecular flexibility index (Phi) is 7.34. The van der Waals surface area contributed by atoms with Gasteiger partial charge in [-0.3, -0.25) is 14.3 Å². The van der Waals surface area contributed by atoms with Crippen LogP contribution in [0.25, 0.3) is 0 Å². The Hall–Kier alpha value is -4.95. The van der Waals surface area contributed by atoms with E-state index >= 15 is 8.78 Å². The molecule has 0 atom stereocenters. The molecule has 3 aromatic carbocycles. The third kappa shape index (κ3) is 5.05. The fourth-order valence-electron chi connectivity index (χ4n) is 4.55. The van der Waals surface area contributed by atoms with Crippen LogP contribution in [0, 0.1) is 11.3 Å². The summed E-state index contributed by atoms with van der Waals surface area (Å²) in [6.45, 7) is 0.565. The highest BCUT2D eigenvalue weighted by Crippen LogP contribution is 2.39. The molecular weight excluding hydrogens is 556 g/mol. The first-order valence-corrected chi connectivity index (χ1v) is 12.6. The summed E-state index contributed by atoms with van der Waals surface area (Å²) < 4.78 is 42.2. The first-order chi connectivity index (χ1) is 19.7. The fraction of sp³-hybridized carbons (Fsp3) is 0.172. The van der Waals surface area contributed by atoms with E-state index in [0.29, 0.717) is 18.0 Å². The van der Waals surface area contributed by atoms with Crippen molar-refractivity contribution in [2.45, 2.75) is 12.5 Å². The van der Waals surface area contributed by atoms with E-state index in [1.54, 1.807) is 0 Å². The van der Waals surface area contributed by atoms with Gasteiger partial charge in [-0.2, -0.15) is 19.1 Å². The van der Waals surface area contributed by atoms with E-state index in [1.807, 2.05) is 6.07 Å². The number of hydrogen-bond donors (Lipinski definition) is 1. The second-order valence-electron chi connectivity index (χ2n) is 9.04. The number of benzene rings is 3. The summed E-state index contributed by atoms with van der Waals surface area (Å²) in [5.41, 5.74) is 0.538. The van der Waals surface area contributed by atoms with Crippen LogP contribution in [0.2, 0.25) is 5.02 Å². The first kappa shape index (κ1) is 27.6. The number of anilines is 2. The average molecular weight is 578 g/mol. The molecule has 2 heterocycles. The van der Waals surface area contributed by atoms with Crippen molar-refractivity contribution in [3.8, 4) is 17.6 Å². The molecule has 0 spiro atoms. The Morgan fingerprint density at radius 3 is 2.41 bits per heavy atom. The predicted octanol–water partition coefficient (Wildman–Crippen LogP) is 5.48. The van der Waals surface area contributed by atoms with E-state index in [1.165, 1.54) is 90.7 Å². The Labute approximate surface area is 238 Å². The van der Waals surface area contributed by atoms with Crippen molar-refractivity contribution in [2.75, 3.05) is 31.0 Å². The normalized spacial score (nSPS) is 12.9. The molecule has 0 unspecified atom stereocenters. The molecule has 0 fully saturated rings. The monoisotopic (exact) mass is 577 g/mol. The number of carbonyl (C=O) groups is 2. The van der Waals surface area contributed by atoms with E-state index in [0.717, 1.165) is 0 Å². The number of fused-ring (bicyclic) bond motifs is 1. The lowest BCUT2D eigenvalue weighted by Gasteiger charge is -2.28. The number of ether oxygens (including phenoxy) is 2. The maximum atomic E-state index is 15.3. The van der Waals surface area contributed by atoms with Crippen molar-refractivity contribution in [1.29, 1.82) is 5.26 Å². The van der Waals surface area contributed by atoms with Gasteiger partial charge in [0.2, 0.25) is 0 Å². The molecule has 9 nitrogen and oxygen atoms in total. The number of amides is 2. The number of alkyl halides is 2. The molecule has 0 radical (unpaired) electrons. The number of halogens is 3. The van der Waals surface area contributed by atoms with Gasteiger partial charge >= 0.3 is 0 Å². The minimum absolute atomic E-state index is 0.136. The van der Waals surface area contributed by atoms with E-state index in [2.05, 4.69) is 10.4 Å². The lowest BCUT2D eigenvalue weighted by atomic mass is 9.99. The van der Waals surface area contributed by atoms with Crippen molar-refractivity contribution < 1.29 is 27.8 Å². The lowest BCUT2D eigenvalue weighted by molar-refractivity contribution is 0.0426. The largest absolute Gasteiger partial charge is 0.495 e. The van der Waals surface area contributed by atoms with Crippen molar-refractivity contribution >= 4 is 34.8 Å². The second kappa shape index (κ2) is 10.9. The smallest absolute Gasteiger partial charge is 0.298 e. The van der Waals surface area contributed by atoms with Gasteiger partial charge in [0.15, 0.2) is 0 Å². The highest BCUT2D eigenvalue weighted by atomic mass is 35.5. The molecule has 0 saturated carbocycles. The topological polar surface area (TPSA) is 109 Å². The summed E-state index contributed by atoms with van der Waals surface area (Å²) >= 11 is 5.98. The molecule has 41 heavy (non-hydrogen) atoms. The molecule has 1 aliphatic rings. The van der Waals surface area contributed by atoms with Gasteiger partial charge in [-0.25, -0.2) is 0 Å². The SMILES string of the molecule is COc1cc(C(F)(F)c2ccc(N3CCn4ncc(NC(=O)c5ccc(OC)c(C#N)c5)c4C3=O)cc2)ccc1Cl. The summed E-state index contributed by atoms with van der Waals surface area (Å²) in [5.74, 6) is -3.88. The molecule has 5 rings (SSSR count). The van der Waals surface area contributed by atoms with Gasteiger partial charge in [0.05, 0.1) is 43.2 Å². The van der Waals surface area contributed by atoms with E-state index in [4.69, 9.17) is 21.1 Å². The third-order valence-electron chi connectivity index (χ3n) is 6.71. The number of methoxy groups -OCH3 is 2. The van der Waals surface area contributed by atoms with Gasteiger partial charge in [0, 0.05) is 28.9 Å². The molecule has 0 aliphatic carbocycles. The average Bonchev–Trinajstić information content (AvgIpc) is 3.40. The highest BCUT2D eigenvalue weighted by molar-refractivity contribution is 6.32. The van der Waals surface area contributed by atoms with E-state index < -0.39 is 17.7 Å². The van der Waals surface area contributed by atoms with Crippen LogP contribution in [0.15, 0.2) is 66.9 Å². The Balaban J connectivity index is 1.37. The molecule has 4 aromatic rings. The molecule has 12 heteroatoms. The van der Waals surface area contributed by atoms with Crippen molar-refractivity contribution in [1.82, 2.24) is 9.78 Å². The van der Waals surface area contributed by atoms with Crippen LogP contribution < -0.4 is 19.7 Å². The molecule has 0 bridgehead atoms. The summed E-state index contributed by atoms with van der Waals surface area (Å²) in [7, 11) is 2.77. The van der Waals surface area contributed by atoms with Crippen LogP contribution in [-0.4, -0.2) is 42.4 Å². The summed E-state index contributed by atoms with van der Waals surface area (Å²) in [6, 6.07) is 15.5. The van der Waals surface area contributed by atoms with Gasteiger partial charge < -0.3 is 19.7 Å². The molecular formula is C29H22ClF2N5O4. The molecule has 208 valence electrons. The van der Waals surface area contributed by atoms with Crippen molar-refractivity contribution in [2.24, 2.45) is 0 Å². The maximum Gasteiger partial charge on any atom is 0.298 e. The zero-order valence-electron chi connectivity index (χ0n) is 21.8. The van der Waals surface area contributed by atoms with Crippen LogP contribution in [-0.2, 0) is 12.5 Å². The molecule has 0 saturated heterocycles. The van der Waals surface area contributed by atoms with Gasteiger partial charge in [0.25, 0.3) is 17.7 Å². The van der Waals surface area contributed by atoms with Crippen molar-refractivity contribution in [3.05, 3.63) is 99.8 Å². The number of nitriles is 1. The number of nitrogens with zero attached hydrogens (tertiary/aromatic N) is 4. The minimum atomic E-state index is -3.34. The number of hydrogen-bond acceptors (Lipinski definition) is 6. The zero-order chi connectivity index (χ0) is 29.3. The molecule has 1 N–H and O–H groups in total. The van der Waals surface area contributed by atoms with Crippen LogP contribution in [0.5, 0.6) is 11.5 Å². The zero-order valence-corrected chi connectivity index (χ0v) is 22.6. The number of rotatable bonds is 7. The minimum Gasteiger partial charge on any atom is -0.495 e. The van der Waals surface area contributed by atoms with Crippen LogP contribution in [0.3, 0.4) is 0 Å². The summed E-state index contributed by atoms with van der Waals surface area (Å²) in [5, 5.41) is 16.4. The van der Waals surface area contributed by atoms with Crippen LogP contribution >= 0.6 is 11.6 Å². The van der Waals surface area contributed by atoms with Gasteiger partial charge in [0.1, 0.15) is 23.3 Å². The van der Waals surface area contributed by atoms with Crippen molar-refractivity contribution in [3.63, 3.8) is 0 Å². The lowest BCUT2D eigenvalue weighted by Crippen LogP contribution is -2.41. The fourth-order valence-corrected chi connectivity index (χ4v) is 4.74. The Morgan fingerprint density at radius 2 is 1.73 bits per heavy atom. The second-order valence-corrected chi connectivity index (χ2v) is 9.45. The summed E-state index contributed by atoms with van der Waals surface area (Å²) in [4.78, 5) is 27.8. The predicted molar refractivity (Wildman–Crippen MR) is 147 cm³/mol. The highest BCUT2D eigenvalue weighted by Gasteiger charge is 2.36. The number of aromatic nitrogens is 2. The Bertz CT molecular complexity index is 1700. The van der Waals surface area contributed by atoms with Gasteiger partial charge in [-0.05, 0) is 42.5 Å². The van der Waals surface area contributed by atoms with E-state index in [9.17, 15) is 14.9 Å². The maximum absolute atomic E-state index is 15.3. The van der Waals surface area contributed by atoms with Gasteiger partial charge in [-0.1, -0.05) is 29.8 Å². The Morgan fingerprint density at radius 1 is 1.02 bits per heavy atom. The van der Waals surface area contributed by atoms with E-state index in [-0.39, 0.29) is 51.0 Å². The standard InChI is InChI=1S/C29H22ClF2N5O4/c1-40-24-10-3-17(13-18(24)15-33)27(38)35-23-16-34-37-12-11-36(28(39)26(23)37)21-7-4-19(5-8-21)29(31,32)20-6-9-22(30)25(14-20)41-2/h3-10,13-14,16H,11-12H2,1-2H3,(H,35,38). The molecule has 1 aliphatic heterocycles. The summed E-state index contributed by atoms with van der Waals surface area (Å²) in [6.07, 6.45) is 1.37.